The van der Waals surface area contributed by atoms with Gasteiger partial charge in [0.25, 0.3) is 11.8 Å². The molecule has 4 rings (SSSR count). The Labute approximate surface area is 219 Å². The van der Waals surface area contributed by atoms with Gasteiger partial charge in [-0.05, 0) is 38.0 Å². The van der Waals surface area contributed by atoms with E-state index in [0.717, 1.165) is 25.3 Å². The van der Waals surface area contributed by atoms with Crippen LogP contribution >= 0.6 is 0 Å². The number of hydrogen-bond acceptors (Lipinski definition) is 7. The average Bonchev–Trinajstić information content (AvgIpc) is 3.67. The van der Waals surface area contributed by atoms with E-state index in [-0.39, 0.29) is 28.6 Å². The third-order valence-electron chi connectivity index (χ3n) is 7.19. The molecular formula is C25H25F5N4O5. The Hall–Kier alpha value is -3.81. The first-order chi connectivity index (χ1) is 18.3. The van der Waals surface area contributed by atoms with Crippen LogP contribution in [0.2, 0.25) is 0 Å². The van der Waals surface area contributed by atoms with Crippen molar-refractivity contribution in [3.8, 4) is 5.75 Å². The minimum absolute atomic E-state index is 0.00518. The fourth-order valence-electron chi connectivity index (χ4n) is 4.63. The molecule has 2 heterocycles. The van der Waals surface area contributed by atoms with Crippen molar-refractivity contribution in [2.75, 3.05) is 11.9 Å². The van der Waals surface area contributed by atoms with E-state index in [1.807, 2.05) is 0 Å². The molecule has 4 atom stereocenters. The first-order valence-corrected chi connectivity index (χ1v) is 11.9. The summed E-state index contributed by atoms with van der Waals surface area (Å²) in [4.78, 5) is 28.5. The van der Waals surface area contributed by atoms with Crippen molar-refractivity contribution in [2.24, 2.45) is 22.7 Å². The Morgan fingerprint density at radius 1 is 1.28 bits per heavy atom. The van der Waals surface area contributed by atoms with Gasteiger partial charge >= 0.3 is 6.18 Å². The quantitative estimate of drug-likeness (QED) is 0.193. The number of benzene rings is 1. The second-order valence-corrected chi connectivity index (χ2v) is 9.67. The molecule has 0 spiro atoms. The number of alkyl halides is 3. The van der Waals surface area contributed by atoms with E-state index in [2.05, 4.69) is 15.5 Å². The van der Waals surface area contributed by atoms with E-state index in [1.54, 1.807) is 0 Å². The van der Waals surface area contributed by atoms with Crippen LogP contribution in [-0.2, 0) is 9.53 Å². The summed E-state index contributed by atoms with van der Waals surface area (Å²) in [5.41, 5.74) is 2.04. The minimum Gasteiger partial charge on any atom is -0.484 e. The van der Waals surface area contributed by atoms with Gasteiger partial charge in [0.05, 0.1) is 5.71 Å². The van der Waals surface area contributed by atoms with Crippen molar-refractivity contribution in [3.63, 3.8) is 0 Å². The van der Waals surface area contributed by atoms with E-state index in [9.17, 15) is 32.4 Å². The number of primary amides is 1. The number of rotatable bonds is 8. The maximum absolute atomic E-state index is 15.0. The highest BCUT2D eigenvalue weighted by Gasteiger charge is 2.66. The molecule has 1 saturated heterocycles. The van der Waals surface area contributed by atoms with Crippen LogP contribution in [0.1, 0.15) is 48.7 Å². The molecule has 4 N–H and O–H groups in total. The zero-order chi connectivity index (χ0) is 28.7. The summed E-state index contributed by atoms with van der Waals surface area (Å²) in [7, 11) is 0. The number of oxime groups is 1. The first kappa shape index (κ1) is 28.2. The van der Waals surface area contributed by atoms with Crippen LogP contribution in [-0.4, -0.2) is 52.2 Å². The number of pyridine rings is 1. The van der Waals surface area contributed by atoms with Gasteiger partial charge < -0.3 is 25.7 Å². The number of aromatic nitrogens is 1. The number of ether oxygens (including phenoxy) is 2. The lowest BCUT2D eigenvalue weighted by Crippen LogP contribution is -2.47. The zero-order valence-electron chi connectivity index (χ0n) is 20.8. The number of anilines is 1. The van der Waals surface area contributed by atoms with Gasteiger partial charge in [0.1, 0.15) is 18.4 Å². The summed E-state index contributed by atoms with van der Waals surface area (Å²) in [6, 6.07) is 4.15. The van der Waals surface area contributed by atoms with E-state index < -0.39 is 65.5 Å². The minimum atomic E-state index is -4.95. The lowest BCUT2D eigenvalue weighted by Gasteiger charge is -2.32. The summed E-state index contributed by atoms with van der Waals surface area (Å²) in [5, 5.41) is 14.7. The molecular weight excluding hydrogens is 531 g/mol. The summed E-state index contributed by atoms with van der Waals surface area (Å²) >= 11 is 0. The Kier molecular flexibility index (Phi) is 7.52. The van der Waals surface area contributed by atoms with Crippen molar-refractivity contribution in [3.05, 3.63) is 53.4 Å². The van der Waals surface area contributed by atoms with Gasteiger partial charge in [0.2, 0.25) is 5.82 Å². The smallest absolute Gasteiger partial charge is 0.417 e. The van der Waals surface area contributed by atoms with Crippen LogP contribution in [0.5, 0.6) is 5.75 Å². The molecule has 0 radical (unpaired) electrons. The zero-order valence-corrected chi connectivity index (χ0v) is 20.8. The van der Waals surface area contributed by atoms with Gasteiger partial charge in [-0.25, -0.2) is 4.39 Å². The molecule has 210 valence electrons. The molecule has 2 aromatic rings. The maximum Gasteiger partial charge on any atom is 0.417 e. The van der Waals surface area contributed by atoms with E-state index in [0.29, 0.717) is 18.9 Å². The fourth-order valence-corrected chi connectivity index (χ4v) is 4.63. The molecule has 1 aliphatic carbocycles. The summed E-state index contributed by atoms with van der Waals surface area (Å²) in [6.45, 7) is 1.50. The molecule has 1 aromatic heterocycles. The summed E-state index contributed by atoms with van der Waals surface area (Å²) in [5.74, 6) is -8.53. The molecule has 39 heavy (non-hydrogen) atoms. The number of hydrogen-bond donors (Lipinski definition) is 3. The molecule has 0 unspecified atom stereocenters. The van der Waals surface area contributed by atoms with Crippen molar-refractivity contribution in [1.82, 2.24) is 4.98 Å². The highest BCUT2D eigenvalue weighted by molar-refractivity contribution is 5.97. The number of nitrogens with zero attached hydrogens (tertiary/aromatic N) is 2. The maximum atomic E-state index is 15.0. The summed E-state index contributed by atoms with van der Waals surface area (Å²) < 4.78 is 82.7. The van der Waals surface area contributed by atoms with Gasteiger partial charge in [-0.1, -0.05) is 18.1 Å². The van der Waals surface area contributed by atoms with Gasteiger partial charge in [-0.2, -0.15) is 17.6 Å². The second-order valence-electron chi connectivity index (χ2n) is 9.67. The third kappa shape index (κ3) is 5.37. The van der Waals surface area contributed by atoms with Crippen LogP contribution < -0.4 is 15.8 Å². The monoisotopic (exact) mass is 556 g/mol. The predicted octanol–water partition coefficient (Wildman–Crippen LogP) is 4.16. The van der Waals surface area contributed by atoms with E-state index in [1.165, 1.54) is 13.0 Å². The lowest BCUT2D eigenvalue weighted by molar-refractivity contribution is -0.272. The first-order valence-electron chi connectivity index (χ1n) is 11.9. The molecule has 1 aromatic carbocycles. The standard InChI is InChI=1S/C25H25F5N4O5/c1-11-18(14-5-6-15(26)19(27)20(14)38-10-17(34-37)12-3-4-12)21(39-24(11,2)25(28,29)30)23(36)33-13-7-8-32-16(9-13)22(31)35/h5-9,11-12,18,21,37H,3-4,10H2,1-2H3,(H2,31,35)(H,32,33,36)/b34-17-/t11-,18-,21+,24+/m0/s1. The molecule has 2 fully saturated rings. The number of nitrogens with one attached hydrogen (secondary N) is 1. The van der Waals surface area contributed by atoms with Crippen LogP contribution in [0.4, 0.5) is 27.6 Å². The number of amides is 2. The van der Waals surface area contributed by atoms with Crippen molar-refractivity contribution in [2.45, 2.75) is 50.5 Å². The van der Waals surface area contributed by atoms with Crippen LogP contribution in [0.15, 0.2) is 35.6 Å². The predicted molar refractivity (Wildman–Crippen MR) is 126 cm³/mol. The fraction of sp³-hybridized carbons (Fsp3) is 0.440. The molecule has 14 heteroatoms. The van der Waals surface area contributed by atoms with Crippen molar-refractivity contribution >= 4 is 23.2 Å². The van der Waals surface area contributed by atoms with Gasteiger partial charge in [-0.3, -0.25) is 14.6 Å². The van der Waals surface area contributed by atoms with Crippen molar-refractivity contribution in [1.29, 1.82) is 0 Å². The van der Waals surface area contributed by atoms with Gasteiger partial charge in [0, 0.05) is 35.2 Å². The molecule has 2 aliphatic rings. The lowest BCUT2D eigenvalue weighted by atomic mass is 9.77. The highest BCUT2D eigenvalue weighted by Crippen LogP contribution is 2.55. The number of nitrogens with two attached hydrogens (primary N) is 1. The summed E-state index contributed by atoms with van der Waals surface area (Å²) in [6.07, 6.45) is -4.23. The van der Waals surface area contributed by atoms with E-state index >= 15 is 4.39 Å². The Morgan fingerprint density at radius 2 is 1.97 bits per heavy atom. The number of carbonyl (C=O) groups is 2. The largest absolute Gasteiger partial charge is 0.484 e. The third-order valence-corrected chi connectivity index (χ3v) is 7.19. The van der Waals surface area contributed by atoms with Gasteiger partial charge in [-0.15, -0.1) is 0 Å². The van der Waals surface area contributed by atoms with Gasteiger partial charge in [0.15, 0.2) is 17.2 Å². The average molecular weight is 556 g/mol. The second kappa shape index (κ2) is 10.4. The Balaban J connectivity index is 1.75. The molecule has 9 nitrogen and oxygen atoms in total. The molecule has 0 bridgehead atoms. The number of carbonyl (C=O) groups excluding carboxylic acids is 2. The Morgan fingerprint density at radius 3 is 2.56 bits per heavy atom. The normalized spacial score (nSPS) is 25.4. The topological polar surface area (TPSA) is 136 Å². The van der Waals surface area contributed by atoms with E-state index in [4.69, 9.17) is 15.2 Å². The Bertz CT molecular complexity index is 1320. The molecule has 1 aliphatic heterocycles. The SMILES string of the molecule is C[C@H]1[C@@H](c2ccc(F)c(F)c2OC/C(=N/O)C2CC2)[C@H](C(=O)Nc2ccnc(C(N)=O)c2)O[C@@]1(C)C(F)(F)F. The highest BCUT2D eigenvalue weighted by atomic mass is 19.4. The van der Waals surface area contributed by atoms with Crippen LogP contribution in [0.3, 0.4) is 0 Å². The number of halogens is 5. The van der Waals surface area contributed by atoms with Crippen LogP contribution in [0.25, 0.3) is 0 Å². The van der Waals surface area contributed by atoms with Crippen molar-refractivity contribution < 1.29 is 46.2 Å². The van der Waals surface area contributed by atoms with Crippen LogP contribution in [0, 0.1) is 23.5 Å². The molecule has 1 saturated carbocycles. The molecule has 2 amide bonds.